The summed E-state index contributed by atoms with van der Waals surface area (Å²) in [5.41, 5.74) is 2.26. The highest BCUT2D eigenvalue weighted by Crippen LogP contribution is 2.39. The van der Waals surface area contributed by atoms with E-state index in [1.54, 1.807) is 23.6 Å². The molecule has 5 heteroatoms. The highest BCUT2D eigenvalue weighted by atomic mass is 32.2. The summed E-state index contributed by atoms with van der Waals surface area (Å²) < 4.78 is 0. The van der Waals surface area contributed by atoms with Gasteiger partial charge in [0.2, 0.25) is 11.8 Å². The minimum Gasteiger partial charge on any atom is -0.355 e. The molecule has 1 fully saturated rings. The fourth-order valence-corrected chi connectivity index (χ4v) is 3.55. The molecular weight excluding hydrogens is 272 g/mol. The van der Waals surface area contributed by atoms with Crippen molar-refractivity contribution in [3.8, 4) is 0 Å². The molecule has 0 unspecified atom stereocenters. The Morgan fingerprint density at radius 1 is 1.45 bits per heavy atom. The van der Waals surface area contributed by atoms with Gasteiger partial charge in [-0.3, -0.25) is 9.59 Å². The van der Waals surface area contributed by atoms with Gasteiger partial charge in [-0.25, -0.2) is 0 Å². The molecule has 20 heavy (non-hydrogen) atoms. The summed E-state index contributed by atoms with van der Waals surface area (Å²) in [5.74, 6) is 0.363. The lowest BCUT2D eigenvalue weighted by Gasteiger charge is -2.29. The number of carbonyl (C=O) groups is 2. The molecule has 1 aromatic rings. The van der Waals surface area contributed by atoms with Gasteiger partial charge in [0.25, 0.3) is 0 Å². The smallest absolute Gasteiger partial charge is 0.242 e. The number of aryl methyl sites for hydroxylation is 1. The number of hydrogen-bond donors (Lipinski definition) is 1. The fraction of sp³-hybridized carbons (Fsp3) is 0.467. The van der Waals surface area contributed by atoms with Crippen molar-refractivity contribution in [2.45, 2.75) is 32.2 Å². The largest absolute Gasteiger partial charge is 0.355 e. The molecule has 0 bridgehead atoms. The van der Waals surface area contributed by atoms with Crippen LogP contribution in [-0.2, 0) is 9.59 Å². The molecule has 1 aliphatic rings. The summed E-state index contributed by atoms with van der Waals surface area (Å²) in [6.45, 7) is 6.28. The summed E-state index contributed by atoms with van der Waals surface area (Å²) >= 11 is 1.58. The van der Waals surface area contributed by atoms with Gasteiger partial charge in [-0.1, -0.05) is 29.8 Å². The Balaban J connectivity index is 2.22. The van der Waals surface area contributed by atoms with Crippen LogP contribution in [0.4, 0.5) is 0 Å². The van der Waals surface area contributed by atoms with Gasteiger partial charge >= 0.3 is 0 Å². The van der Waals surface area contributed by atoms with Gasteiger partial charge in [-0.15, -0.1) is 11.8 Å². The van der Waals surface area contributed by atoms with Gasteiger partial charge in [-0.05, 0) is 26.3 Å². The zero-order valence-corrected chi connectivity index (χ0v) is 12.9. The molecule has 1 saturated heterocycles. The molecule has 1 heterocycles. The van der Waals surface area contributed by atoms with Crippen LogP contribution in [0, 0.1) is 6.92 Å². The van der Waals surface area contributed by atoms with E-state index in [1.165, 1.54) is 5.56 Å². The average molecular weight is 292 g/mol. The van der Waals surface area contributed by atoms with Crippen LogP contribution >= 0.6 is 11.8 Å². The van der Waals surface area contributed by atoms with Gasteiger partial charge in [0.05, 0.1) is 5.75 Å². The van der Waals surface area contributed by atoms with Crippen LogP contribution in [0.15, 0.2) is 24.3 Å². The Hall–Kier alpha value is -1.49. The highest BCUT2D eigenvalue weighted by Gasteiger charge is 2.38. The van der Waals surface area contributed by atoms with E-state index in [9.17, 15) is 9.59 Å². The van der Waals surface area contributed by atoms with Crippen molar-refractivity contribution in [3.05, 3.63) is 35.4 Å². The zero-order valence-electron chi connectivity index (χ0n) is 12.1. The third-order valence-corrected chi connectivity index (χ3v) is 4.64. The van der Waals surface area contributed by atoms with Gasteiger partial charge in [-0.2, -0.15) is 0 Å². The van der Waals surface area contributed by atoms with Crippen LogP contribution in [0.1, 0.15) is 30.3 Å². The van der Waals surface area contributed by atoms with Crippen molar-refractivity contribution in [1.29, 1.82) is 0 Å². The summed E-state index contributed by atoms with van der Waals surface area (Å²) in [4.78, 5) is 25.8. The van der Waals surface area contributed by atoms with E-state index in [4.69, 9.17) is 0 Å². The summed E-state index contributed by atoms with van der Waals surface area (Å²) in [7, 11) is 0. The third-order valence-electron chi connectivity index (χ3n) is 3.42. The molecular formula is C15H20N2O2S. The number of likely N-dealkylation sites (N-methyl/N-ethyl adjacent to an activating group) is 1. The van der Waals surface area contributed by atoms with E-state index in [0.717, 1.165) is 5.56 Å². The second-order valence-electron chi connectivity index (χ2n) is 4.95. The number of amides is 2. The zero-order chi connectivity index (χ0) is 14.7. The molecule has 0 aliphatic carbocycles. The van der Waals surface area contributed by atoms with Crippen LogP contribution < -0.4 is 5.32 Å². The monoisotopic (exact) mass is 292 g/mol. The molecule has 1 aliphatic heterocycles. The third kappa shape index (κ3) is 2.98. The molecule has 1 aromatic carbocycles. The number of rotatable bonds is 4. The summed E-state index contributed by atoms with van der Waals surface area (Å²) in [5, 5.41) is 2.71. The van der Waals surface area contributed by atoms with Crippen LogP contribution in [0.2, 0.25) is 0 Å². The average Bonchev–Trinajstić information content (AvgIpc) is 2.81. The van der Waals surface area contributed by atoms with Crippen molar-refractivity contribution in [3.63, 3.8) is 0 Å². The molecule has 0 spiro atoms. The minimum absolute atomic E-state index is 0.0272. The van der Waals surface area contributed by atoms with Crippen LogP contribution in [-0.4, -0.2) is 35.1 Å². The first-order valence-electron chi connectivity index (χ1n) is 6.81. The lowest BCUT2D eigenvalue weighted by molar-refractivity contribution is -0.137. The standard InChI is InChI=1S/C15H20N2O2S/c1-4-16-14(19)11(3)17-13(18)9-20-15(17)12-7-5-10(2)6-8-12/h5-8,11,15H,4,9H2,1-3H3,(H,16,19)/t11-,15-/m1/s1. The molecule has 0 aromatic heterocycles. The molecule has 1 N–H and O–H groups in total. The summed E-state index contributed by atoms with van der Waals surface area (Å²) in [6, 6.07) is 7.69. The molecule has 2 atom stereocenters. The molecule has 2 amide bonds. The van der Waals surface area contributed by atoms with Gasteiger partial charge in [0.1, 0.15) is 11.4 Å². The predicted octanol–water partition coefficient (Wildman–Crippen LogP) is 2.09. The number of thioether (sulfide) groups is 1. The first-order valence-corrected chi connectivity index (χ1v) is 7.86. The lowest BCUT2D eigenvalue weighted by atomic mass is 10.1. The maximum atomic E-state index is 12.1. The van der Waals surface area contributed by atoms with Crippen molar-refractivity contribution < 1.29 is 9.59 Å². The summed E-state index contributed by atoms with van der Waals surface area (Å²) in [6.07, 6.45) is 0. The van der Waals surface area contributed by atoms with Crippen molar-refractivity contribution in [1.82, 2.24) is 10.2 Å². The molecule has 0 radical (unpaired) electrons. The van der Waals surface area contributed by atoms with Gasteiger partial charge in [0, 0.05) is 6.54 Å². The van der Waals surface area contributed by atoms with Crippen molar-refractivity contribution >= 4 is 23.6 Å². The van der Waals surface area contributed by atoms with E-state index in [2.05, 4.69) is 5.32 Å². The van der Waals surface area contributed by atoms with Crippen molar-refractivity contribution in [2.75, 3.05) is 12.3 Å². The van der Waals surface area contributed by atoms with Gasteiger partial charge < -0.3 is 10.2 Å². The molecule has 4 nitrogen and oxygen atoms in total. The number of nitrogens with zero attached hydrogens (tertiary/aromatic N) is 1. The van der Waals surface area contributed by atoms with E-state index in [-0.39, 0.29) is 17.2 Å². The first-order chi connectivity index (χ1) is 9.54. The Kier molecular flexibility index (Phi) is 4.70. The topological polar surface area (TPSA) is 49.4 Å². The maximum absolute atomic E-state index is 12.1. The number of benzene rings is 1. The number of nitrogens with one attached hydrogen (secondary N) is 1. The second-order valence-corrected chi connectivity index (χ2v) is 6.01. The first kappa shape index (κ1) is 14.9. The van der Waals surface area contributed by atoms with Crippen LogP contribution in [0.25, 0.3) is 0 Å². The SMILES string of the molecule is CCNC(=O)[C@@H](C)N1C(=O)CS[C@@H]1c1ccc(C)cc1. The molecule has 108 valence electrons. The fourth-order valence-electron chi connectivity index (χ4n) is 2.29. The Labute approximate surface area is 123 Å². The quantitative estimate of drug-likeness (QED) is 0.924. The number of hydrogen-bond acceptors (Lipinski definition) is 3. The lowest BCUT2D eigenvalue weighted by Crippen LogP contribution is -2.46. The van der Waals surface area contributed by atoms with E-state index in [0.29, 0.717) is 12.3 Å². The molecule has 0 saturated carbocycles. The highest BCUT2D eigenvalue weighted by molar-refractivity contribution is 8.00. The Morgan fingerprint density at radius 3 is 2.70 bits per heavy atom. The van der Waals surface area contributed by atoms with Gasteiger partial charge in [0.15, 0.2) is 0 Å². The van der Waals surface area contributed by atoms with E-state index >= 15 is 0 Å². The maximum Gasteiger partial charge on any atom is 0.242 e. The predicted molar refractivity (Wildman–Crippen MR) is 81.4 cm³/mol. The van der Waals surface area contributed by atoms with Crippen LogP contribution in [0.5, 0.6) is 0 Å². The van der Waals surface area contributed by atoms with Crippen molar-refractivity contribution in [2.24, 2.45) is 0 Å². The van der Waals surface area contributed by atoms with Crippen LogP contribution in [0.3, 0.4) is 0 Å². The second kappa shape index (κ2) is 6.31. The number of carbonyl (C=O) groups excluding carboxylic acids is 2. The Morgan fingerprint density at radius 2 is 2.10 bits per heavy atom. The van der Waals surface area contributed by atoms with E-state index < -0.39 is 6.04 Å². The minimum atomic E-state index is -0.441. The Bertz CT molecular complexity index is 501. The van der Waals surface area contributed by atoms with E-state index in [1.807, 2.05) is 38.1 Å². The normalized spacial score (nSPS) is 20.1. The molecule has 2 rings (SSSR count).